The highest BCUT2D eigenvalue weighted by Crippen LogP contribution is 2.28. The first-order valence-electron chi connectivity index (χ1n) is 9.40. The highest BCUT2D eigenvalue weighted by atomic mass is 32.1. The molecule has 0 saturated heterocycles. The number of nitrogens with zero attached hydrogens (tertiary/aromatic N) is 2. The summed E-state index contributed by atoms with van der Waals surface area (Å²) in [5, 5.41) is 5.32. The third-order valence-corrected chi connectivity index (χ3v) is 6.30. The molecule has 2 atom stereocenters. The molecule has 4 rings (SSSR count). The SMILES string of the molecule is Cc1ccc([C@@H](NC(=O)CN2CCn3cccc3[C@@H]2C)c2cccs2)cc1. The van der Waals surface area contributed by atoms with Crippen LogP contribution in [-0.2, 0) is 11.3 Å². The predicted molar refractivity (Wildman–Crippen MR) is 110 cm³/mol. The minimum absolute atomic E-state index is 0.0702. The number of nitrogens with one attached hydrogen (secondary N) is 1. The van der Waals surface area contributed by atoms with Gasteiger partial charge in [0.15, 0.2) is 0 Å². The van der Waals surface area contributed by atoms with E-state index in [9.17, 15) is 4.79 Å². The Bertz CT molecular complexity index is 898. The number of hydrogen-bond donors (Lipinski definition) is 1. The van der Waals surface area contributed by atoms with Crippen molar-refractivity contribution in [2.45, 2.75) is 32.5 Å². The fourth-order valence-electron chi connectivity index (χ4n) is 3.77. The van der Waals surface area contributed by atoms with Gasteiger partial charge in [-0.05, 0) is 43.0 Å². The van der Waals surface area contributed by atoms with Crippen molar-refractivity contribution in [3.05, 3.63) is 81.8 Å². The maximum atomic E-state index is 12.9. The van der Waals surface area contributed by atoms with Crippen LogP contribution < -0.4 is 5.32 Å². The zero-order chi connectivity index (χ0) is 18.8. The van der Waals surface area contributed by atoms with Crippen LogP contribution in [0.25, 0.3) is 0 Å². The first-order chi connectivity index (χ1) is 13.1. The van der Waals surface area contributed by atoms with E-state index in [2.05, 4.69) is 82.7 Å². The van der Waals surface area contributed by atoms with Crippen LogP contribution in [-0.4, -0.2) is 28.5 Å². The molecule has 3 aromatic rings. The summed E-state index contributed by atoms with van der Waals surface area (Å²) in [6.07, 6.45) is 2.12. The molecule has 1 aromatic carbocycles. The van der Waals surface area contributed by atoms with Crippen molar-refractivity contribution < 1.29 is 4.79 Å². The van der Waals surface area contributed by atoms with Crippen molar-refractivity contribution in [3.63, 3.8) is 0 Å². The molecule has 0 saturated carbocycles. The number of carbonyl (C=O) groups is 1. The van der Waals surface area contributed by atoms with Gasteiger partial charge in [-0.1, -0.05) is 35.9 Å². The number of benzene rings is 1. The molecular formula is C22H25N3OS. The molecule has 5 heteroatoms. The molecular weight excluding hydrogens is 354 g/mol. The molecule has 1 amide bonds. The molecule has 0 bridgehead atoms. The van der Waals surface area contributed by atoms with E-state index in [4.69, 9.17) is 0 Å². The summed E-state index contributed by atoms with van der Waals surface area (Å²) < 4.78 is 2.28. The number of aryl methyl sites for hydroxylation is 1. The number of rotatable bonds is 5. The molecule has 140 valence electrons. The Morgan fingerprint density at radius 2 is 2.00 bits per heavy atom. The van der Waals surface area contributed by atoms with Gasteiger partial charge < -0.3 is 9.88 Å². The van der Waals surface area contributed by atoms with E-state index in [-0.39, 0.29) is 18.0 Å². The third-order valence-electron chi connectivity index (χ3n) is 5.36. The van der Waals surface area contributed by atoms with Crippen LogP contribution in [0.5, 0.6) is 0 Å². The van der Waals surface area contributed by atoms with Crippen molar-refractivity contribution >= 4 is 17.2 Å². The van der Waals surface area contributed by atoms with Crippen molar-refractivity contribution in [3.8, 4) is 0 Å². The lowest BCUT2D eigenvalue weighted by Gasteiger charge is -2.34. The van der Waals surface area contributed by atoms with Gasteiger partial charge in [0, 0.05) is 35.9 Å². The summed E-state index contributed by atoms with van der Waals surface area (Å²) >= 11 is 1.68. The van der Waals surface area contributed by atoms with Crippen LogP contribution in [0.3, 0.4) is 0 Å². The number of aromatic nitrogens is 1. The molecule has 3 heterocycles. The molecule has 0 aliphatic carbocycles. The zero-order valence-corrected chi connectivity index (χ0v) is 16.6. The Balaban J connectivity index is 1.48. The lowest BCUT2D eigenvalue weighted by Crippen LogP contribution is -2.44. The summed E-state index contributed by atoms with van der Waals surface area (Å²) in [4.78, 5) is 16.3. The summed E-state index contributed by atoms with van der Waals surface area (Å²) in [6.45, 7) is 6.50. The van der Waals surface area contributed by atoms with Gasteiger partial charge in [-0.3, -0.25) is 9.69 Å². The fraction of sp³-hybridized carbons (Fsp3) is 0.318. The molecule has 2 aromatic heterocycles. The number of carbonyl (C=O) groups excluding carboxylic acids is 1. The molecule has 1 aliphatic rings. The fourth-order valence-corrected chi connectivity index (χ4v) is 4.57. The topological polar surface area (TPSA) is 37.3 Å². The largest absolute Gasteiger partial charge is 0.349 e. The normalized spacial score (nSPS) is 18.1. The smallest absolute Gasteiger partial charge is 0.234 e. The number of fused-ring (bicyclic) bond motifs is 1. The molecule has 0 radical (unpaired) electrons. The summed E-state index contributed by atoms with van der Waals surface area (Å²) in [6, 6.07) is 16.9. The zero-order valence-electron chi connectivity index (χ0n) is 15.8. The van der Waals surface area contributed by atoms with E-state index in [1.54, 1.807) is 11.3 Å². The van der Waals surface area contributed by atoms with E-state index < -0.39 is 0 Å². The Kier molecular flexibility index (Phi) is 5.14. The summed E-state index contributed by atoms with van der Waals surface area (Å²) in [5.41, 5.74) is 3.62. The Morgan fingerprint density at radius 3 is 2.74 bits per heavy atom. The standard InChI is InChI=1S/C22H25N3OS/c1-16-7-9-18(10-8-16)22(20-6-4-14-27-20)23-21(26)15-25-13-12-24-11-3-5-19(24)17(25)2/h3-11,14,17,22H,12-13,15H2,1-2H3,(H,23,26)/t17-,22+/m0/s1. The first-order valence-corrected chi connectivity index (χ1v) is 10.3. The second-order valence-electron chi connectivity index (χ2n) is 7.20. The number of thiophene rings is 1. The van der Waals surface area contributed by atoms with Gasteiger partial charge in [-0.15, -0.1) is 11.3 Å². The number of hydrogen-bond acceptors (Lipinski definition) is 3. The highest BCUT2D eigenvalue weighted by Gasteiger charge is 2.26. The van der Waals surface area contributed by atoms with E-state index in [0.29, 0.717) is 6.54 Å². The summed E-state index contributed by atoms with van der Waals surface area (Å²) in [5.74, 6) is 0.0702. The quantitative estimate of drug-likeness (QED) is 0.723. The second-order valence-corrected chi connectivity index (χ2v) is 8.18. The lowest BCUT2D eigenvalue weighted by molar-refractivity contribution is -0.123. The van der Waals surface area contributed by atoms with Gasteiger partial charge in [0.2, 0.25) is 5.91 Å². The average Bonchev–Trinajstić information content (AvgIpc) is 3.35. The van der Waals surface area contributed by atoms with Gasteiger partial charge in [0.1, 0.15) is 0 Å². The molecule has 27 heavy (non-hydrogen) atoms. The minimum atomic E-state index is -0.0953. The van der Waals surface area contributed by atoms with Crippen molar-refractivity contribution in [2.75, 3.05) is 13.1 Å². The Labute approximate surface area is 164 Å². The molecule has 1 aliphatic heterocycles. The maximum absolute atomic E-state index is 12.9. The predicted octanol–water partition coefficient (Wildman–Crippen LogP) is 4.14. The van der Waals surface area contributed by atoms with E-state index in [0.717, 1.165) is 23.5 Å². The molecule has 0 unspecified atom stereocenters. The van der Waals surface area contributed by atoms with Crippen molar-refractivity contribution in [1.29, 1.82) is 0 Å². The highest BCUT2D eigenvalue weighted by molar-refractivity contribution is 7.10. The van der Waals surface area contributed by atoms with Gasteiger partial charge in [-0.25, -0.2) is 0 Å². The molecule has 4 nitrogen and oxygen atoms in total. The van der Waals surface area contributed by atoms with Crippen LogP contribution in [0, 0.1) is 6.92 Å². The Morgan fingerprint density at radius 1 is 1.19 bits per heavy atom. The van der Waals surface area contributed by atoms with Crippen LogP contribution in [0.4, 0.5) is 0 Å². The molecule has 0 spiro atoms. The van der Waals surface area contributed by atoms with Gasteiger partial charge in [0.05, 0.1) is 12.6 Å². The van der Waals surface area contributed by atoms with Crippen molar-refractivity contribution in [2.24, 2.45) is 0 Å². The lowest BCUT2D eigenvalue weighted by atomic mass is 10.0. The van der Waals surface area contributed by atoms with Crippen LogP contribution in [0.1, 0.15) is 40.7 Å². The van der Waals surface area contributed by atoms with Gasteiger partial charge in [-0.2, -0.15) is 0 Å². The van der Waals surface area contributed by atoms with Gasteiger partial charge in [0.25, 0.3) is 0 Å². The van der Waals surface area contributed by atoms with Crippen LogP contribution in [0.15, 0.2) is 60.1 Å². The maximum Gasteiger partial charge on any atom is 0.234 e. The average molecular weight is 380 g/mol. The minimum Gasteiger partial charge on any atom is -0.349 e. The monoisotopic (exact) mass is 379 g/mol. The second kappa shape index (κ2) is 7.71. The van der Waals surface area contributed by atoms with E-state index in [1.165, 1.54) is 11.3 Å². The third kappa shape index (κ3) is 3.84. The van der Waals surface area contributed by atoms with E-state index >= 15 is 0 Å². The van der Waals surface area contributed by atoms with Gasteiger partial charge >= 0.3 is 0 Å². The van der Waals surface area contributed by atoms with Crippen LogP contribution in [0.2, 0.25) is 0 Å². The number of amides is 1. The first kappa shape index (κ1) is 18.0. The van der Waals surface area contributed by atoms with Crippen LogP contribution >= 0.6 is 11.3 Å². The molecule has 1 N–H and O–H groups in total. The Hall–Kier alpha value is -2.37. The van der Waals surface area contributed by atoms with E-state index in [1.807, 2.05) is 6.07 Å². The summed E-state index contributed by atoms with van der Waals surface area (Å²) in [7, 11) is 0. The van der Waals surface area contributed by atoms with Crippen molar-refractivity contribution in [1.82, 2.24) is 14.8 Å². The molecule has 0 fully saturated rings.